The highest BCUT2D eigenvalue weighted by molar-refractivity contribution is 5.91. The molecule has 0 bridgehead atoms. The van der Waals surface area contributed by atoms with Crippen molar-refractivity contribution in [3.63, 3.8) is 0 Å². The van der Waals surface area contributed by atoms with Crippen molar-refractivity contribution in [2.45, 2.75) is 48.7 Å². The first-order chi connectivity index (χ1) is 19.9. The molecule has 16 nitrogen and oxygen atoms in total. The minimum atomic E-state index is -2.18. The highest BCUT2D eigenvalue weighted by Crippen LogP contribution is 2.43. The number of phenols is 4. The summed E-state index contributed by atoms with van der Waals surface area (Å²) in [6, 6.07) is 5.39. The molecule has 8 atom stereocenters. The second kappa shape index (κ2) is 11.2. The number of ether oxygens (including phenoxy) is 4. The van der Waals surface area contributed by atoms with E-state index in [1.54, 1.807) is 0 Å². The molecular weight excluding hydrogens is 568 g/mol. The fraction of sp³-hybridized carbons (Fsp3) is 0.423. The van der Waals surface area contributed by atoms with Crippen molar-refractivity contribution in [2.24, 2.45) is 0 Å². The van der Waals surface area contributed by atoms with Crippen LogP contribution in [0.4, 0.5) is 0 Å². The van der Waals surface area contributed by atoms with Crippen molar-refractivity contribution >= 4 is 11.0 Å². The van der Waals surface area contributed by atoms with Crippen LogP contribution in [0.25, 0.3) is 22.3 Å². The Morgan fingerprint density at radius 2 is 1.64 bits per heavy atom. The average Bonchev–Trinajstić information content (AvgIpc) is 3.27. The monoisotopic (exact) mass is 596 g/mol. The van der Waals surface area contributed by atoms with Crippen LogP contribution in [0.2, 0.25) is 0 Å². The van der Waals surface area contributed by atoms with E-state index in [-0.39, 0.29) is 11.3 Å². The van der Waals surface area contributed by atoms with Gasteiger partial charge in [-0.3, -0.25) is 4.79 Å². The number of rotatable bonds is 7. The van der Waals surface area contributed by atoms with Crippen LogP contribution in [0.5, 0.6) is 28.7 Å². The van der Waals surface area contributed by atoms with Crippen molar-refractivity contribution in [3.8, 4) is 40.1 Å². The fourth-order valence-electron chi connectivity index (χ4n) is 4.71. The van der Waals surface area contributed by atoms with Gasteiger partial charge in [-0.25, -0.2) is 0 Å². The zero-order valence-electron chi connectivity index (χ0n) is 21.5. The van der Waals surface area contributed by atoms with Gasteiger partial charge >= 0.3 is 0 Å². The van der Waals surface area contributed by atoms with Gasteiger partial charge in [0.2, 0.25) is 12.0 Å². The zero-order valence-corrected chi connectivity index (χ0v) is 21.5. The lowest BCUT2D eigenvalue weighted by Crippen LogP contribution is -2.62. The van der Waals surface area contributed by atoms with Crippen molar-refractivity contribution in [2.75, 3.05) is 19.8 Å². The van der Waals surface area contributed by atoms with Gasteiger partial charge in [-0.05, 0) is 18.2 Å². The molecule has 0 saturated carbocycles. The highest BCUT2D eigenvalue weighted by Gasteiger charge is 2.55. The quantitative estimate of drug-likeness (QED) is 0.104. The third kappa shape index (κ3) is 5.08. The summed E-state index contributed by atoms with van der Waals surface area (Å²) in [6.45, 7) is -2.32. The van der Waals surface area contributed by atoms with Gasteiger partial charge in [0.1, 0.15) is 46.9 Å². The maximum absolute atomic E-state index is 12.8. The third-order valence-electron chi connectivity index (χ3n) is 7.10. The topological polar surface area (TPSA) is 269 Å². The zero-order chi connectivity index (χ0) is 30.5. The van der Waals surface area contributed by atoms with E-state index in [9.17, 15) is 55.9 Å². The fourth-order valence-corrected chi connectivity index (χ4v) is 4.71. The summed E-state index contributed by atoms with van der Waals surface area (Å²) in [5, 5.41) is 101. The summed E-state index contributed by atoms with van der Waals surface area (Å²) < 4.78 is 27.6. The molecule has 10 N–H and O–H groups in total. The lowest BCUT2D eigenvalue weighted by molar-refractivity contribution is -0.329. The minimum absolute atomic E-state index is 0.134. The molecule has 0 amide bonds. The van der Waals surface area contributed by atoms with E-state index in [1.807, 2.05) is 0 Å². The number of fused-ring (bicyclic) bond motifs is 1. The second-order valence-corrected chi connectivity index (χ2v) is 9.94. The minimum Gasteiger partial charge on any atom is -0.507 e. The lowest BCUT2D eigenvalue weighted by Gasteiger charge is -2.42. The molecule has 0 radical (unpaired) electrons. The molecule has 2 aliphatic rings. The van der Waals surface area contributed by atoms with Crippen LogP contribution in [-0.2, 0) is 14.2 Å². The van der Waals surface area contributed by atoms with E-state index < -0.39 is 114 Å². The van der Waals surface area contributed by atoms with E-state index in [0.717, 1.165) is 24.3 Å². The van der Waals surface area contributed by atoms with Crippen molar-refractivity contribution in [1.29, 1.82) is 0 Å². The lowest BCUT2D eigenvalue weighted by atomic mass is 9.98. The molecule has 0 spiro atoms. The summed E-state index contributed by atoms with van der Waals surface area (Å²) >= 11 is 0. The maximum atomic E-state index is 12.8. The number of phenolic OH excluding ortho intramolecular Hbond substituents is 4. The second-order valence-electron chi connectivity index (χ2n) is 9.94. The molecule has 2 aliphatic heterocycles. The molecule has 2 aromatic carbocycles. The van der Waals surface area contributed by atoms with Crippen LogP contribution < -0.4 is 10.2 Å². The van der Waals surface area contributed by atoms with Crippen LogP contribution in [0.3, 0.4) is 0 Å². The Kier molecular flexibility index (Phi) is 7.92. The van der Waals surface area contributed by atoms with E-state index in [2.05, 4.69) is 0 Å². The molecule has 3 heterocycles. The van der Waals surface area contributed by atoms with Crippen LogP contribution >= 0.6 is 0 Å². The molecule has 16 heteroatoms. The Balaban J connectivity index is 1.49. The van der Waals surface area contributed by atoms with E-state index in [1.165, 1.54) is 6.07 Å². The molecule has 228 valence electrons. The first-order valence-corrected chi connectivity index (χ1v) is 12.5. The van der Waals surface area contributed by atoms with Gasteiger partial charge < -0.3 is 74.4 Å². The number of aliphatic hydroxyl groups is 6. The largest absolute Gasteiger partial charge is 0.507 e. The summed E-state index contributed by atoms with van der Waals surface area (Å²) in [4.78, 5) is 12.8. The molecular formula is C26H28O16. The SMILES string of the molecule is O=c1cc(-c2ccc(O)c(O)c2)oc2c(O)c(O[C@@H]3OC[C@](O)(CO)[C@H]3O[C@H]3O[C@H](CO)[C@H](O)[C@H](O)[C@H]3O)cc(O)c12. The van der Waals surface area contributed by atoms with E-state index >= 15 is 0 Å². The molecule has 1 aromatic heterocycles. The highest BCUT2D eigenvalue weighted by atomic mass is 16.8. The van der Waals surface area contributed by atoms with E-state index in [0.29, 0.717) is 0 Å². The number of hydrogen-bond donors (Lipinski definition) is 10. The van der Waals surface area contributed by atoms with Crippen LogP contribution in [0, 0.1) is 0 Å². The predicted octanol–water partition coefficient (Wildman–Crippen LogP) is -2.07. The molecule has 42 heavy (non-hydrogen) atoms. The molecule has 2 fully saturated rings. The van der Waals surface area contributed by atoms with Crippen molar-refractivity contribution in [3.05, 3.63) is 40.6 Å². The van der Waals surface area contributed by atoms with Gasteiger partial charge in [0.05, 0.1) is 19.8 Å². The van der Waals surface area contributed by atoms with Gasteiger partial charge in [0.15, 0.2) is 40.7 Å². The third-order valence-corrected chi connectivity index (χ3v) is 7.10. The normalized spacial score (nSPS) is 31.4. The Morgan fingerprint density at radius 1 is 0.905 bits per heavy atom. The molecule has 2 saturated heterocycles. The van der Waals surface area contributed by atoms with Gasteiger partial charge in [-0.1, -0.05) is 0 Å². The van der Waals surface area contributed by atoms with Gasteiger partial charge in [-0.15, -0.1) is 0 Å². The summed E-state index contributed by atoms with van der Waals surface area (Å²) in [7, 11) is 0. The Hall–Kier alpha value is -3.71. The molecule has 0 unspecified atom stereocenters. The van der Waals surface area contributed by atoms with Crippen LogP contribution in [-0.4, -0.2) is 120 Å². The van der Waals surface area contributed by atoms with E-state index in [4.69, 9.17) is 23.4 Å². The van der Waals surface area contributed by atoms with Crippen LogP contribution in [0.1, 0.15) is 0 Å². The maximum Gasteiger partial charge on any atom is 0.229 e. The standard InChI is InChI=1S/C26H28O16/c27-6-16-18(33)20(35)21(36)24(41-16)42-23-25(38-8-26(23,37)7-28)40-15-5-13(32)17-12(31)4-14(39-22(17)19(15)34)9-1-2-10(29)11(30)3-9/h1-5,16,18,20-21,23-25,27-30,32-37H,6-8H2/t16-,18+,20+,21-,23+,24-,25+,26-/m1/s1. The number of benzene rings is 2. The first-order valence-electron chi connectivity index (χ1n) is 12.5. The average molecular weight is 596 g/mol. The van der Waals surface area contributed by atoms with Crippen molar-refractivity contribution < 1.29 is 74.4 Å². The van der Waals surface area contributed by atoms with Gasteiger partial charge in [0, 0.05) is 17.7 Å². The summed E-state index contributed by atoms with van der Waals surface area (Å²) in [5.41, 5.74) is -3.37. The van der Waals surface area contributed by atoms with Gasteiger partial charge in [0.25, 0.3) is 0 Å². The Morgan fingerprint density at radius 3 is 2.31 bits per heavy atom. The molecule has 5 rings (SSSR count). The Bertz CT molecular complexity index is 1520. The summed E-state index contributed by atoms with van der Waals surface area (Å²) in [5.74, 6) is -3.14. The molecule has 3 aromatic rings. The molecule has 0 aliphatic carbocycles. The number of aromatic hydroxyl groups is 4. The first kappa shape index (κ1) is 29.8. The van der Waals surface area contributed by atoms with Crippen molar-refractivity contribution in [1.82, 2.24) is 0 Å². The number of hydrogen-bond acceptors (Lipinski definition) is 16. The number of aliphatic hydroxyl groups excluding tert-OH is 5. The predicted molar refractivity (Wildman–Crippen MR) is 136 cm³/mol. The van der Waals surface area contributed by atoms with Gasteiger partial charge in [-0.2, -0.15) is 0 Å². The smallest absolute Gasteiger partial charge is 0.229 e. The summed E-state index contributed by atoms with van der Waals surface area (Å²) in [6.07, 6.45) is -11.9. The Labute approximate surface area is 235 Å². The van der Waals surface area contributed by atoms with Crippen LogP contribution in [0.15, 0.2) is 39.5 Å².